The van der Waals surface area contributed by atoms with E-state index < -0.39 is 45.2 Å². The summed E-state index contributed by atoms with van der Waals surface area (Å²) in [4.78, 5) is 39.6. The minimum absolute atomic E-state index is 0.0565. The third-order valence-electron chi connectivity index (χ3n) is 7.70. The Morgan fingerprint density at radius 1 is 0.929 bits per heavy atom. The minimum Gasteiger partial charge on any atom is -0.455 e. The molecular weight excluding hydrogens is 552 g/mol. The van der Waals surface area contributed by atoms with Crippen LogP contribution in [0.25, 0.3) is 0 Å². The topological polar surface area (TPSA) is 110 Å². The standard InChI is InChI=1S/C33H38N2O6S/c1-23(37)41-31(25-13-9-6-10-14-25)30(24-11-7-5-8-12-24)34-32(38)29-21-28(19-20-35(29)22-36)42(39,40)27-17-15-26(16-18-27)33(2,3)4/h5-18,22,28-31H,19-21H2,1-4H3,(H,34,38)/t28?,29-,30-,31-/m0/s1. The van der Waals surface area contributed by atoms with Crippen LogP contribution in [0.2, 0.25) is 0 Å². The molecule has 0 aliphatic carbocycles. The number of carbonyl (C=O) groups is 3. The van der Waals surface area contributed by atoms with E-state index in [9.17, 15) is 22.8 Å². The second-order valence-corrected chi connectivity index (χ2v) is 13.9. The fourth-order valence-electron chi connectivity index (χ4n) is 5.35. The van der Waals surface area contributed by atoms with Crippen molar-refractivity contribution in [3.8, 4) is 0 Å². The molecule has 1 aliphatic rings. The zero-order valence-corrected chi connectivity index (χ0v) is 25.2. The first-order valence-corrected chi connectivity index (χ1v) is 15.6. The van der Waals surface area contributed by atoms with Gasteiger partial charge in [0.15, 0.2) is 15.9 Å². The van der Waals surface area contributed by atoms with Gasteiger partial charge < -0.3 is 15.0 Å². The number of nitrogens with zero attached hydrogens (tertiary/aromatic N) is 1. The van der Waals surface area contributed by atoms with Crippen LogP contribution < -0.4 is 5.32 Å². The summed E-state index contributed by atoms with van der Waals surface area (Å²) in [5.41, 5.74) is 2.26. The maximum Gasteiger partial charge on any atom is 0.303 e. The second-order valence-electron chi connectivity index (χ2n) is 11.7. The van der Waals surface area contributed by atoms with Crippen molar-refractivity contribution < 1.29 is 27.5 Å². The molecule has 0 aromatic heterocycles. The van der Waals surface area contributed by atoms with E-state index in [1.54, 1.807) is 12.1 Å². The molecule has 0 radical (unpaired) electrons. The summed E-state index contributed by atoms with van der Waals surface area (Å²) >= 11 is 0. The van der Waals surface area contributed by atoms with Crippen molar-refractivity contribution in [2.75, 3.05) is 6.54 Å². The van der Waals surface area contributed by atoms with Gasteiger partial charge in [-0.25, -0.2) is 8.42 Å². The lowest BCUT2D eigenvalue weighted by Gasteiger charge is -2.37. The predicted octanol–water partition coefficient (Wildman–Crippen LogP) is 4.91. The molecule has 2 amide bonds. The third-order valence-corrected chi connectivity index (χ3v) is 9.94. The number of hydrogen-bond donors (Lipinski definition) is 1. The highest BCUT2D eigenvalue weighted by atomic mass is 32.2. The Morgan fingerprint density at radius 2 is 1.50 bits per heavy atom. The minimum atomic E-state index is -3.77. The number of sulfone groups is 1. The second kappa shape index (κ2) is 12.9. The molecule has 1 saturated heterocycles. The van der Waals surface area contributed by atoms with Gasteiger partial charge in [0.25, 0.3) is 0 Å². The van der Waals surface area contributed by atoms with Crippen LogP contribution >= 0.6 is 0 Å². The Balaban J connectivity index is 1.63. The van der Waals surface area contributed by atoms with Gasteiger partial charge in [-0.2, -0.15) is 0 Å². The molecule has 3 aromatic carbocycles. The molecule has 1 fully saturated rings. The molecule has 0 saturated carbocycles. The van der Waals surface area contributed by atoms with Crippen molar-refractivity contribution >= 4 is 28.1 Å². The molecule has 42 heavy (non-hydrogen) atoms. The third kappa shape index (κ3) is 7.07. The van der Waals surface area contributed by atoms with Gasteiger partial charge in [-0.05, 0) is 47.1 Å². The van der Waals surface area contributed by atoms with Gasteiger partial charge in [0, 0.05) is 13.5 Å². The van der Waals surface area contributed by atoms with E-state index in [1.165, 1.54) is 11.8 Å². The molecule has 222 valence electrons. The van der Waals surface area contributed by atoms with E-state index in [0.29, 0.717) is 17.5 Å². The Morgan fingerprint density at radius 3 is 2.02 bits per heavy atom. The monoisotopic (exact) mass is 590 g/mol. The number of hydrogen-bond acceptors (Lipinski definition) is 6. The van der Waals surface area contributed by atoms with E-state index >= 15 is 0 Å². The highest BCUT2D eigenvalue weighted by Gasteiger charge is 2.41. The highest BCUT2D eigenvalue weighted by molar-refractivity contribution is 7.92. The van der Waals surface area contributed by atoms with Crippen molar-refractivity contribution in [2.24, 2.45) is 0 Å². The molecule has 4 rings (SSSR count). The van der Waals surface area contributed by atoms with Crippen LogP contribution in [0, 0.1) is 0 Å². The summed E-state index contributed by atoms with van der Waals surface area (Å²) in [7, 11) is -3.77. The van der Waals surface area contributed by atoms with Crippen LogP contribution in [0.4, 0.5) is 0 Å². The molecule has 3 aromatic rings. The number of nitrogens with one attached hydrogen (secondary N) is 1. The SMILES string of the molecule is CC(=O)O[C@@H](c1ccccc1)[C@@H](NC(=O)[C@@H]1CC(S(=O)(=O)c2ccc(C(C)(C)C)cc2)CCN1C=O)c1ccccc1. The van der Waals surface area contributed by atoms with Gasteiger partial charge in [0.05, 0.1) is 16.2 Å². The molecule has 1 N–H and O–H groups in total. The van der Waals surface area contributed by atoms with Crippen molar-refractivity contribution in [3.63, 3.8) is 0 Å². The maximum absolute atomic E-state index is 13.9. The van der Waals surface area contributed by atoms with Gasteiger partial charge >= 0.3 is 5.97 Å². The number of rotatable bonds is 9. The van der Waals surface area contributed by atoms with Crippen molar-refractivity contribution in [1.82, 2.24) is 10.2 Å². The molecule has 1 heterocycles. The molecule has 4 atom stereocenters. The highest BCUT2D eigenvalue weighted by Crippen LogP contribution is 2.34. The Labute approximate surface area is 248 Å². The van der Waals surface area contributed by atoms with Crippen LogP contribution in [-0.4, -0.2) is 49.4 Å². The number of piperidine rings is 1. The smallest absolute Gasteiger partial charge is 0.303 e. The average molecular weight is 591 g/mol. The largest absolute Gasteiger partial charge is 0.455 e. The fourth-order valence-corrected chi connectivity index (χ4v) is 7.10. The molecule has 1 unspecified atom stereocenters. The summed E-state index contributed by atoms with van der Waals surface area (Å²) in [6, 6.07) is 23.2. The number of ether oxygens (including phenoxy) is 1. The van der Waals surface area contributed by atoms with Gasteiger partial charge in [-0.15, -0.1) is 0 Å². The summed E-state index contributed by atoms with van der Waals surface area (Å²) in [5, 5.41) is 2.15. The Kier molecular flexibility index (Phi) is 9.51. The van der Waals surface area contributed by atoms with Gasteiger partial charge in [-0.1, -0.05) is 93.6 Å². The lowest BCUT2D eigenvalue weighted by Crippen LogP contribution is -2.54. The normalized spacial score (nSPS) is 18.9. The van der Waals surface area contributed by atoms with Crippen molar-refractivity contribution in [2.45, 2.75) is 74.3 Å². The van der Waals surface area contributed by atoms with E-state index in [2.05, 4.69) is 26.1 Å². The van der Waals surface area contributed by atoms with Crippen LogP contribution in [0.5, 0.6) is 0 Å². The summed E-state index contributed by atoms with van der Waals surface area (Å²) < 4.78 is 33.1. The Bertz CT molecular complexity index is 1490. The molecule has 8 nitrogen and oxygen atoms in total. The first-order valence-electron chi connectivity index (χ1n) is 14.0. The van der Waals surface area contributed by atoms with Gasteiger partial charge in [0.2, 0.25) is 12.3 Å². The van der Waals surface area contributed by atoms with Gasteiger partial charge in [-0.3, -0.25) is 14.4 Å². The van der Waals surface area contributed by atoms with Crippen LogP contribution in [0.1, 0.15) is 69.4 Å². The lowest BCUT2D eigenvalue weighted by molar-refractivity contribution is -0.150. The number of likely N-dealkylation sites (tertiary alicyclic amines) is 1. The molecule has 9 heteroatoms. The van der Waals surface area contributed by atoms with Crippen molar-refractivity contribution in [3.05, 3.63) is 102 Å². The summed E-state index contributed by atoms with van der Waals surface area (Å²) in [6.07, 6.45) is -0.111. The van der Waals surface area contributed by atoms with E-state index in [1.807, 2.05) is 72.8 Å². The molecule has 1 aliphatic heterocycles. The van der Waals surface area contributed by atoms with Gasteiger partial charge in [0.1, 0.15) is 6.04 Å². The molecule has 0 spiro atoms. The van der Waals surface area contributed by atoms with Crippen molar-refractivity contribution in [1.29, 1.82) is 0 Å². The van der Waals surface area contributed by atoms with Crippen LogP contribution in [0.3, 0.4) is 0 Å². The maximum atomic E-state index is 13.9. The fraction of sp³-hybridized carbons (Fsp3) is 0.364. The average Bonchev–Trinajstić information content (AvgIpc) is 2.98. The zero-order valence-electron chi connectivity index (χ0n) is 24.4. The quantitative estimate of drug-likeness (QED) is 0.280. The first-order chi connectivity index (χ1) is 19.9. The van der Waals surface area contributed by atoms with E-state index in [4.69, 9.17) is 4.74 Å². The van der Waals surface area contributed by atoms with E-state index in [0.717, 1.165) is 5.56 Å². The Hall–Kier alpha value is -3.98. The van der Waals surface area contributed by atoms with E-state index in [-0.39, 0.29) is 29.7 Å². The predicted molar refractivity (Wildman–Crippen MR) is 160 cm³/mol. The first kappa shape index (κ1) is 31.0. The molecular formula is C33H38N2O6S. The van der Waals surface area contributed by atoms with Crippen LogP contribution in [-0.2, 0) is 34.4 Å². The number of esters is 1. The lowest BCUT2D eigenvalue weighted by atomic mass is 9.87. The number of amides is 2. The summed E-state index contributed by atoms with van der Waals surface area (Å²) in [5.74, 6) is -1.04. The number of carbonyl (C=O) groups excluding carboxylic acids is 3. The molecule has 0 bridgehead atoms. The number of benzene rings is 3. The zero-order chi connectivity index (χ0) is 30.5. The summed E-state index contributed by atoms with van der Waals surface area (Å²) in [6.45, 7) is 7.59. The van der Waals surface area contributed by atoms with Crippen LogP contribution in [0.15, 0.2) is 89.8 Å².